The Kier molecular flexibility index (Phi) is 8.75. The number of nitrogen functional groups attached to an aromatic ring is 1. The maximum absolute atomic E-state index is 13.6. The van der Waals surface area contributed by atoms with E-state index in [0.29, 0.717) is 54.2 Å². The molecule has 42 heavy (non-hydrogen) atoms. The molecule has 3 aromatic carbocycles. The highest BCUT2D eigenvalue weighted by molar-refractivity contribution is 6.00. The molecule has 0 spiro atoms. The summed E-state index contributed by atoms with van der Waals surface area (Å²) >= 11 is 0. The van der Waals surface area contributed by atoms with Crippen molar-refractivity contribution < 1.29 is 24.2 Å². The van der Waals surface area contributed by atoms with Crippen molar-refractivity contribution in [3.05, 3.63) is 82.4 Å². The zero-order valence-electron chi connectivity index (χ0n) is 24.1. The predicted molar refractivity (Wildman–Crippen MR) is 162 cm³/mol. The van der Waals surface area contributed by atoms with Gasteiger partial charge in [0.15, 0.2) is 0 Å². The molecule has 1 saturated heterocycles. The van der Waals surface area contributed by atoms with Gasteiger partial charge in [-0.25, -0.2) is 4.79 Å². The minimum atomic E-state index is -1.07. The lowest BCUT2D eigenvalue weighted by molar-refractivity contribution is 0.0593. The number of nitrogens with zero attached hydrogens (tertiary/aromatic N) is 3. The van der Waals surface area contributed by atoms with Crippen LogP contribution in [0.15, 0.2) is 54.6 Å². The second-order valence-corrected chi connectivity index (χ2v) is 10.6. The number of hydrogen-bond donors (Lipinski definition) is 3. The second kappa shape index (κ2) is 12.6. The van der Waals surface area contributed by atoms with Crippen molar-refractivity contribution in [2.24, 2.45) is 5.73 Å². The smallest absolute Gasteiger partial charge is 0.336 e. The summed E-state index contributed by atoms with van der Waals surface area (Å²) < 4.78 is 10.5. The molecule has 2 aliphatic heterocycles. The van der Waals surface area contributed by atoms with Gasteiger partial charge in [0.25, 0.3) is 5.91 Å². The molecule has 2 heterocycles. The number of nitrogens with two attached hydrogens (primary N) is 1. The molecule has 5 rings (SSSR count). The van der Waals surface area contributed by atoms with Gasteiger partial charge in [0.1, 0.15) is 11.6 Å². The Balaban J connectivity index is 1.48. The number of carbonyl (C=O) groups excluding carboxylic acids is 1. The Morgan fingerprint density at radius 1 is 0.929 bits per heavy atom. The first-order chi connectivity index (χ1) is 20.3. The van der Waals surface area contributed by atoms with Crippen LogP contribution in [0.1, 0.15) is 37.4 Å². The number of carboxylic acid groups (broad SMARTS) is 1. The molecule has 10 heteroatoms. The van der Waals surface area contributed by atoms with E-state index in [2.05, 4.69) is 9.80 Å². The van der Waals surface area contributed by atoms with E-state index in [1.54, 1.807) is 19.2 Å². The van der Waals surface area contributed by atoms with Crippen molar-refractivity contribution in [1.29, 1.82) is 5.41 Å². The van der Waals surface area contributed by atoms with Gasteiger partial charge >= 0.3 is 5.97 Å². The van der Waals surface area contributed by atoms with Gasteiger partial charge in [0.2, 0.25) is 0 Å². The summed E-state index contributed by atoms with van der Waals surface area (Å²) in [6.45, 7) is 5.60. The van der Waals surface area contributed by atoms with Crippen LogP contribution in [-0.2, 0) is 17.7 Å². The largest absolute Gasteiger partial charge is 0.497 e. The minimum Gasteiger partial charge on any atom is -0.497 e. The zero-order chi connectivity index (χ0) is 29.8. The van der Waals surface area contributed by atoms with E-state index in [9.17, 15) is 14.7 Å². The van der Waals surface area contributed by atoms with Gasteiger partial charge in [-0.2, -0.15) is 0 Å². The van der Waals surface area contributed by atoms with E-state index in [1.165, 1.54) is 13.2 Å². The van der Waals surface area contributed by atoms with Crippen molar-refractivity contribution in [3.63, 3.8) is 0 Å². The minimum absolute atomic E-state index is 0.0379. The number of aromatic carboxylic acids is 1. The molecule has 0 atom stereocenters. The standard InChI is InChI=1S/C32H37N5O5/c1-41-16-15-35-11-13-36(14-12-35)31(38)23-3-4-24(20-37-10-9-21-17-22(30(33)34)5-8-29(21)37)27(18-23)26-7-6-25(42-2)19-28(26)32(39)40/h3-8,17-19H,9-16,20H2,1-2H3,(H3,33,34)(H,39,40). The second-order valence-electron chi connectivity index (χ2n) is 10.6. The number of carbonyl (C=O) groups is 2. The molecular formula is C32H37N5O5. The van der Waals surface area contributed by atoms with Crippen LogP contribution in [0.4, 0.5) is 5.69 Å². The van der Waals surface area contributed by atoms with E-state index < -0.39 is 5.97 Å². The Morgan fingerprint density at radius 2 is 1.69 bits per heavy atom. The fourth-order valence-corrected chi connectivity index (χ4v) is 5.75. The van der Waals surface area contributed by atoms with E-state index in [0.717, 1.165) is 49.4 Å². The van der Waals surface area contributed by atoms with Crippen LogP contribution < -0.4 is 15.4 Å². The van der Waals surface area contributed by atoms with E-state index >= 15 is 0 Å². The molecule has 4 N–H and O–H groups in total. The molecule has 220 valence electrons. The molecule has 0 radical (unpaired) electrons. The van der Waals surface area contributed by atoms with Gasteiger partial charge < -0.3 is 30.1 Å². The molecule has 0 aromatic heterocycles. The van der Waals surface area contributed by atoms with Crippen molar-refractivity contribution in [2.75, 3.05) is 65.0 Å². The van der Waals surface area contributed by atoms with Crippen LogP contribution in [0.25, 0.3) is 11.1 Å². The summed E-state index contributed by atoms with van der Waals surface area (Å²) in [6.07, 6.45) is 0.821. The van der Waals surface area contributed by atoms with Gasteiger partial charge in [-0.15, -0.1) is 0 Å². The first kappa shape index (κ1) is 29.1. The highest BCUT2D eigenvalue weighted by atomic mass is 16.5. The zero-order valence-corrected chi connectivity index (χ0v) is 24.1. The molecule has 0 unspecified atom stereocenters. The number of amidine groups is 1. The molecule has 3 aromatic rings. The molecule has 0 aliphatic carbocycles. The van der Waals surface area contributed by atoms with Gasteiger partial charge in [-0.1, -0.05) is 6.07 Å². The molecule has 0 saturated carbocycles. The number of carboxylic acids is 1. The van der Waals surface area contributed by atoms with Crippen LogP contribution >= 0.6 is 0 Å². The van der Waals surface area contributed by atoms with Crippen molar-refractivity contribution in [2.45, 2.75) is 13.0 Å². The lowest BCUT2D eigenvalue weighted by Gasteiger charge is -2.34. The van der Waals surface area contributed by atoms with E-state index in [1.807, 2.05) is 41.3 Å². The number of benzene rings is 3. The average Bonchev–Trinajstić information content (AvgIpc) is 3.41. The lowest BCUT2D eigenvalue weighted by atomic mass is 9.92. The quantitative estimate of drug-likeness (QED) is 0.250. The van der Waals surface area contributed by atoms with E-state index in [4.69, 9.17) is 20.6 Å². The summed E-state index contributed by atoms with van der Waals surface area (Å²) in [5.41, 5.74) is 11.4. The summed E-state index contributed by atoms with van der Waals surface area (Å²) in [5.74, 6) is -0.646. The molecule has 2 aliphatic rings. The normalized spacial score (nSPS) is 15.0. The third-order valence-electron chi connectivity index (χ3n) is 8.12. The van der Waals surface area contributed by atoms with Crippen LogP contribution in [0, 0.1) is 5.41 Å². The summed E-state index contributed by atoms with van der Waals surface area (Å²) in [6, 6.07) is 16.4. The Morgan fingerprint density at radius 3 is 2.38 bits per heavy atom. The average molecular weight is 572 g/mol. The number of methoxy groups -OCH3 is 2. The van der Waals surface area contributed by atoms with Gasteiger partial charge in [-0.3, -0.25) is 15.1 Å². The Hall–Kier alpha value is -4.41. The summed E-state index contributed by atoms with van der Waals surface area (Å²) in [4.78, 5) is 32.4. The number of hydrogen-bond acceptors (Lipinski definition) is 7. The van der Waals surface area contributed by atoms with Crippen molar-refractivity contribution >= 4 is 23.4 Å². The first-order valence-electron chi connectivity index (χ1n) is 14.1. The van der Waals surface area contributed by atoms with Crippen LogP contribution in [0.5, 0.6) is 5.75 Å². The molecule has 1 amide bonds. The third kappa shape index (κ3) is 6.09. The highest BCUT2D eigenvalue weighted by Crippen LogP contribution is 2.35. The fraction of sp³-hybridized carbons (Fsp3) is 0.344. The van der Waals surface area contributed by atoms with Gasteiger partial charge in [0.05, 0.1) is 19.3 Å². The lowest BCUT2D eigenvalue weighted by Crippen LogP contribution is -2.49. The monoisotopic (exact) mass is 571 g/mol. The predicted octanol–water partition coefficient (Wildman–Crippen LogP) is 3.31. The van der Waals surface area contributed by atoms with Gasteiger partial charge in [0, 0.05) is 69.7 Å². The van der Waals surface area contributed by atoms with Crippen molar-refractivity contribution in [3.8, 4) is 16.9 Å². The SMILES string of the molecule is COCCN1CCN(C(=O)c2ccc(CN3CCc4cc(C(=N)N)ccc43)c(-c3ccc(OC)cc3C(=O)O)c2)CC1. The Labute approximate surface area is 245 Å². The molecule has 0 bridgehead atoms. The van der Waals surface area contributed by atoms with Crippen LogP contribution in [0.3, 0.4) is 0 Å². The van der Waals surface area contributed by atoms with Crippen LogP contribution in [-0.4, -0.2) is 92.7 Å². The molecule has 10 nitrogen and oxygen atoms in total. The first-order valence-corrected chi connectivity index (χ1v) is 14.1. The third-order valence-corrected chi connectivity index (χ3v) is 8.12. The maximum Gasteiger partial charge on any atom is 0.336 e. The maximum atomic E-state index is 13.6. The number of anilines is 1. The van der Waals surface area contributed by atoms with Gasteiger partial charge in [-0.05, 0) is 77.2 Å². The highest BCUT2D eigenvalue weighted by Gasteiger charge is 2.26. The number of amides is 1. The van der Waals surface area contributed by atoms with Crippen molar-refractivity contribution in [1.82, 2.24) is 9.80 Å². The number of nitrogens with one attached hydrogen (secondary N) is 1. The number of ether oxygens (including phenoxy) is 2. The van der Waals surface area contributed by atoms with E-state index in [-0.39, 0.29) is 17.3 Å². The molecule has 1 fully saturated rings. The summed E-state index contributed by atoms with van der Waals surface area (Å²) in [7, 11) is 3.19. The number of rotatable bonds is 10. The molecular weight excluding hydrogens is 534 g/mol. The number of fused-ring (bicyclic) bond motifs is 1. The summed E-state index contributed by atoms with van der Waals surface area (Å²) in [5, 5.41) is 17.9. The fourth-order valence-electron chi connectivity index (χ4n) is 5.75. The van der Waals surface area contributed by atoms with Crippen LogP contribution in [0.2, 0.25) is 0 Å². The topological polar surface area (TPSA) is 132 Å². The number of piperazine rings is 1. The Bertz CT molecular complexity index is 1500.